The topological polar surface area (TPSA) is 85.2 Å². The second-order valence-corrected chi connectivity index (χ2v) is 3.71. The molecule has 2 N–H and O–H groups in total. The third-order valence-corrected chi connectivity index (χ3v) is 2.39. The number of aryl methyl sites for hydroxylation is 1. The highest BCUT2D eigenvalue weighted by Crippen LogP contribution is 2.24. The largest absolute Gasteiger partial charge is 0.370 e. The highest BCUT2D eigenvalue weighted by molar-refractivity contribution is 5.78. The van der Waals surface area contributed by atoms with Crippen LogP contribution in [-0.4, -0.2) is 44.2 Å². The zero-order valence-corrected chi connectivity index (χ0v) is 8.96. The molecule has 82 valence electrons. The van der Waals surface area contributed by atoms with Crippen LogP contribution in [0, 0.1) is 0 Å². The van der Waals surface area contributed by atoms with Crippen LogP contribution < -0.4 is 5.73 Å². The van der Waals surface area contributed by atoms with Gasteiger partial charge >= 0.3 is 0 Å². The molecule has 1 aliphatic rings. The van der Waals surface area contributed by atoms with Gasteiger partial charge < -0.3 is 10.6 Å². The van der Waals surface area contributed by atoms with Crippen LogP contribution in [0.4, 0.5) is 0 Å². The molecule has 1 saturated carbocycles. The summed E-state index contributed by atoms with van der Waals surface area (Å²) in [7, 11) is 3.68. The van der Waals surface area contributed by atoms with Crippen molar-refractivity contribution in [3.8, 4) is 0 Å². The first kappa shape index (κ1) is 9.88. The van der Waals surface area contributed by atoms with Crippen LogP contribution in [0.25, 0.3) is 0 Å². The summed E-state index contributed by atoms with van der Waals surface area (Å²) in [6, 6.07) is 0.573. The predicted octanol–water partition coefficient (Wildman–Crippen LogP) is -0.881. The highest BCUT2D eigenvalue weighted by Gasteiger charge is 2.27. The van der Waals surface area contributed by atoms with Gasteiger partial charge in [0.1, 0.15) is 6.54 Å². The fraction of sp³-hybridized carbons (Fsp3) is 0.750. The van der Waals surface area contributed by atoms with E-state index in [1.54, 1.807) is 7.05 Å². The molecule has 0 aliphatic heterocycles. The summed E-state index contributed by atoms with van der Waals surface area (Å²) in [5.74, 6) is 1.13. The lowest BCUT2D eigenvalue weighted by Crippen LogP contribution is -2.35. The summed E-state index contributed by atoms with van der Waals surface area (Å²) in [6.07, 6.45) is 2.41. The lowest BCUT2D eigenvalue weighted by Gasteiger charge is -2.16. The first-order valence-electron chi connectivity index (χ1n) is 4.92. The van der Waals surface area contributed by atoms with Gasteiger partial charge in [0.15, 0.2) is 11.8 Å². The van der Waals surface area contributed by atoms with Crippen molar-refractivity contribution in [2.45, 2.75) is 25.4 Å². The standard InChI is InChI=1S/C8H15N7/c1-14(6-3-4-6)8(9)10-5-7-11-13-15(2)12-7/h6H,3-5H2,1-2H3,(H2,9,10). The zero-order chi connectivity index (χ0) is 10.8. The summed E-state index contributed by atoms with van der Waals surface area (Å²) in [5.41, 5.74) is 5.81. The van der Waals surface area contributed by atoms with Crippen molar-refractivity contribution in [2.24, 2.45) is 17.8 Å². The minimum atomic E-state index is 0.386. The van der Waals surface area contributed by atoms with Crippen LogP contribution >= 0.6 is 0 Å². The number of nitrogens with zero attached hydrogens (tertiary/aromatic N) is 6. The minimum Gasteiger partial charge on any atom is -0.370 e. The molecule has 0 spiro atoms. The van der Waals surface area contributed by atoms with Gasteiger partial charge in [0, 0.05) is 13.1 Å². The average molecular weight is 209 g/mol. The van der Waals surface area contributed by atoms with Gasteiger partial charge in [0.2, 0.25) is 0 Å². The van der Waals surface area contributed by atoms with E-state index in [0.717, 1.165) is 0 Å². The van der Waals surface area contributed by atoms with Crippen molar-refractivity contribution < 1.29 is 0 Å². The third kappa shape index (κ3) is 2.42. The first-order valence-corrected chi connectivity index (χ1v) is 4.92. The summed E-state index contributed by atoms with van der Waals surface area (Å²) in [5, 5.41) is 11.6. The molecule has 0 amide bonds. The van der Waals surface area contributed by atoms with Crippen molar-refractivity contribution in [3.63, 3.8) is 0 Å². The summed E-state index contributed by atoms with van der Waals surface area (Å²) >= 11 is 0. The van der Waals surface area contributed by atoms with Gasteiger partial charge in [-0.1, -0.05) is 0 Å². The fourth-order valence-electron chi connectivity index (χ4n) is 1.30. The van der Waals surface area contributed by atoms with Gasteiger partial charge in [-0.25, -0.2) is 4.99 Å². The number of hydrogen-bond acceptors (Lipinski definition) is 4. The van der Waals surface area contributed by atoms with Crippen LogP contribution in [0.3, 0.4) is 0 Å². The van der Waals surface area contributed by atoms with E-state index in [9.17, 15) is 0 Å². The lowest BCUT2D eigenvalue weighted by molar-refractivity contribution is 0.487. The molecule has 0 unspecified atom stereocenters. The van der Waals surface area contributed by atoms with E-state index in [1.807, 2.05) is 11.9 Å². The molecule has 7 heteroatoms. The number of hydrogen-bond donors (Lipinski definition) is 1. The Labute approximate surface area is 88.0 Å². The average Bonchev–Trinajstić information content (AvgIpc) is 2.98. The number of guanidine groups is 1. The number of nitrogens with two attached hydrogens (primary N) is 1. The van der Waals surface area contributed by atoms with Crippen molar-refractivity contribution in [1.29, 1.82) is 0 Å². The molecule has 7 nitrogen and oxygen atoms in total. The normalized spacial score (nSPS) is 16.8. The van der Waals surface area contributed by atoms with E-state index in [0.29, 0.717) is 24.4 Å². The molecule has 0 radical (unpaired) electrons. The number of aromatic nitrogens is 4. The summed E-state index contributed by atoms with van der Waals surface area (Å²) in [6.45, 7) is 0.386. The SMILES string of the molecule is CN(C(N)=NCc1nnn(C)n1)C1CC1. The van der Waals surface area contributed by atoms with Crippen molar-refractivity contribution in [2.75, 3.05) is 7.05 Å². The molecule has 1 aliphatic carbocycles. The van der Waals surface area contributed by atoms with Gasteiger partial charge in [0.05, 0.1) is 7.05 Å². The van der Waals surface area contributed by atoms with E-state index in [-0.39, 0.29) is 0 Å². The highest BCUT2D eigenvalue weighted by atomic mass is 15.6. The molecule has 1 fully saturated rings. The Balaban J connectivity index is 1.92. The smallest absolute Gasteiger partial charge is 0.196 e. The maximum Gasteiger partial charge on any atom is 0.196 e. The molecule has 1 aromatic heterocycles. The predicted molar refractivity (Wildman–Crippen MR) is 54.9 cm³/mol. The minimum absolute atomic E-state index is 0.386. The molecule has 1 heterocycles. The maximum absolute atomic E-state index is 5.81. The molecule has 15 heavy (non-hydrogen) atoms. The number of aliphatic imine (C=N–C) groups is 1. The Kier molecular flexibility index (Phi) is 2.53. The van der Waals surface area contributed by atoms with E-state index in [1.165, 1.54) is 17.6 Å². The maximum atomic E-state index is 5.81. The Morgan fingerprint density at radius 3 is 2.93 bits per heavy atom. The van der Waals surface area contributed by atoms with Gasteiger partial charge in [0.25, 0.3) is 0 Å². The van der Waals surface area contributed by atoms with Gasteiger partial charge in [-0.3, -0.25) is 0 Å². The number of rotatable bonds is 3. The second-order valence-electron chi connectivity index (χ2n) is 3.71. The second kappa shape index (κ2) is 3.84. The molecule has 2 rings (SSSR count). The van der Waals surface area contributed by atoms with Crippen molar-refractivity contribution >= 4 is 5.96 Å². The zero-order valence-electron chi connectivity index (χ0n) is 8.96. The quantitative estimate of drug-likeness (QED) is 0.516. The Bertz CT molecular complexity index is 365. The molecule has 0 aromatic carbocycles. The molecule has 0 bridgehead atoms. The Morgan fingerprint density at radius 1 is 1.67 bits per heavy atom. The fourth-order valence-corrected chi connectivity index (χ4v) is 1.30. The Hall–Kier alpha value is -1.66. The Morgan fingerprint density at radius 2 is 2.40 bits per heavy atom. The van der Waals surface area contributed by atoms with E-state index >= 15 is 0 Å². The van der Waals surface area contributed by atoms with Gasteiger partial charge in [-0.15, -0.1) is 10.2 Å². The monoisotopic (exact) mass is 209 g/mol. The third-order valence-electron chi connectivity index (χ3n) is 2.39. The lowest BCUT2D eigenvalue weighted by atomic mass is 10.6. The first-order chi connectivity index (χ1) is 7.16. The summed E-state index contributed by atoms with van der Waals surface area (Å²) < 4.78 is 0. The van der Waals surface area contributed by atoms with E-state index < -0.39 is 0 Å². The number of tetrazole rings is 1. The molecule has 1 aromatic rings. The van der Waals surface area contributed by atoms with Crippen molar-refractivity contribution in [3.05, 3.63) is 5.82 Å². The van der Waals surface area contributed by atoms with Crippen LogP contribution in [0.1, 0.15) is 18.7 Å². The molecular formula is C8H15N7. The van der Waals surface area contributed by atoms with Crippen LogP contribution in [-0.2, 0) is 13.6 Å². The van der Waals surface area contributed by atoms with E-state index in [2.05, 4.69) is 20.4 Å². The van der Waals surface area contributed by atoms with Gasteiger partial charge in [-0.2, -0.15) is 4.80 Å². The van der Waals surface area contributed by atoms with Crippen LogP contribution in [0.5, 0.6) is 0 Å². The van der Waals surface area contributed by atoms with Gasteiger partial charge in [-0.05, 0) is 18.1 Å². The van der Waals surface area contributed by atoms with E-state index in [4.69, 9.17) is 5.73 Å². The van der Waals surface area contributed by atoms with Crippen LogP contribution in [0.2, 0.25) is 0 Å². The van der Waals surface area contributed by atoms with Crippen molar-refractivity contribution in [1.82, 2.24) is 25.1 Å². The van der Waals surface area contributed by atoms with Crippen LogP contribution in [0.15, 0.2) is 4.99 Å². The molecule has 0 saturated heterocycles. The molecular weight excluding hydrogens is 194 g/mol. The molecule has 0 atom stereocenters. The summed E-state index contributed by atoms with van der Waals surface area (Å²) in [4.78, 5) is 7.62.